The van der Waals surface area contributed by atoms with Gasteiger partial charge < -0.3 is 0 Å². The molecule has 3 N–H and O–H groups in total. The molecule has 25 heavy (non-hydrogen) atoms. The van der Waals surface area contributed by atoms with E-state index in [1.54, 1.807) is 0 Å². The number of hydrogen-bond donors (Lipinski definition) is 3. The molecule has 0 bridgehead atoms. The summed E-state index contributed by atoms with van der Waals surface area (Å²) >= 11 is 4.86. The normalized spacial score (nSPS) is 9.80. The van der Waals surface area contributed by atoms with Gasteiger partial charge in [0, 0.05) is 23.3 Å². The fraction of sp³-hybridized carbons (Fsp3) is 0. The zero-order valence-electron chi connectivity index (χ0n) is 12.5. The molecule has 8 nitrogen and oxygen atoms in total. The number of amides is 2. The SMILES string of the molecule is O=C(NNC(=S)NC(=O)c1ccc(F)cc1)c1ccc([N+](=O)[O-])cc1. The number of carbonyl (C=O) groups excluding carboxylic acids is 2. The Morgan fingerprint density at radius 3 is 2.00 bits per heavy atom. The molecule has 2 aromatic carbocycles. The first-order valence-electron chi connectivity index (χ1n) is 6.78. The summed E-state index contributed by atoms with van der Waals surface area (Å²) in [5.74, 6) is -1.66. The highest BCUT2D eigenvalue weighted by atomic mass is 32.1. The Balaban J connectivity index is 1.86. The van der Waals surface area contributed by atoms with E-state index in [2.05, 4.69) is 16.2 Å². The van der Waals surface area contributed by atoms with Crippen LogP contribution in [0.3, 0.4) is 0 Å². The lowest BCUT2D eigenvalue weighted by Gasteiger charge is -2.10. The number of nitro groups is 1. The molecule has 0 aliphatic rings. The van der Waals surface area contributed by atoms with Gasteiger partial charge in [-0.1, -0.05) is 0 Å². The molecule has 0 unspecified atom stereocenters. The predicted molar refractivity (Wildman–Crippen MR) is 90.2 cm³/mol. The average molecular weight is 362 g/mol. The molecule has 128 valence electrons. The minimum atomic E-state index is -0.603. The second-order valence-electron chi connectivity index (χ2n) is 4.67. The Kier molecular flexibility index (Phi) is 5.69. The molecule has 2 amide bonds. The Morgan fingerprint density at radius 2 is 1.44 bits per heavy atom. The van der Waals surface area contributed by atoms with E-state index in [4.69, 9.17) is 12.2 Å². The van der Waals surface area contributed by atoms with Crippen LogP contribution in [0.1, 0.15) is 20.7 Å². The van der Waals surface area contributed by atoms with Crippen molar-refractivity contribution in [3.63, 3.8) is 0 Å². The van der Waals surface area contributed by atoms with Crippen LogP contribution in [0.2, 0.25) is 0 Å². The van der Waals surface area contributed by atoms with E-state index in [0.29, 0.717) is 0 Å². The number of carbonyl (C=O) groups is 2. The van der Waals surface area contributed by atoms with Crippen molar-refractivity contribution in [1.29, 1.82) is 0 Å². The van der Waals surface area contributed by atoms with Crippen LogP contribution in [0.15, 0.2) is 48.5 Å². The Bertz CT molecular complexity index is 824. The van der Waals surface area contributed by atoms with Crippen molar-refractivity contribution in [2.75, 3.05) is 0 Å². The maximum Gasteiger partial charge on any atom is 0.269 e. The van der Waals surface area contributed by atoms with Gasteiger partial charge in [0.05, 0.1) is 4.92 Å². The van der Waals surface area contributed by atoms with E-state index in [0.717, 1.165) is 12.1 Å². The van der Waals surface area contributed by atoms with E-state index >= 15 is 0 Å². The number of benzene rings is 2. The average Bonchev–Trinajstić information content (AvgIpc) is 2.60. The van der Waals surface area contributed by atoms with Crippen LogP contribution in [0, 0.1) is 15.9 Å². The Labute approximate surface area is 146 Å². The summed E-state index contributed by atoms with van der Waals surface area (Å²) in [5.41, 5.74) is 4.76. The highest BCUT2D eigenvalue weighted by molar-refractivity contribution is 7.80. The fourth-order valence-electron chi connectivity index (χ4n) is 1.73. The lowest BCUT2D eigenvalue weighted by molar-refractivity contribution is -0.384. The van der Waals surface area contributed by atoms with Crippen molar-refractivity contribution in [2.24, 2.45) is 0 Å². The number of thiocarbonyl (C=S) groups is 1. The molecule has 2 rings (SSSR count). The minimum Gasteiger partial charge on any atom is -0.298 e. The molecule has 0 fully saturated rings. The molecule has 2 aromatic rings. The van der Waals surface area contributed by atoms with Crippen LogP contribution >= 0.6 is 12.2 Å². The van der Waals surface area contributed by atoms with Gasteiger partial charge in [-0.25, -0.2) is 4.39 Å². The molecule has 0 saturated carbocycles. The molecule has 0 atom stereocenters. The predicted octanol–water partition coefficient (Wildman–Crippen LogP) is 1.68. The third kappa shape index (κ3) is 5.04. The first-order chi connectivity index (χ1) is 11.9. The fourth-order valence-corrected chi connectivity index (χ4v) is 1.87. The van der Waals surface area contributed by atoms with Gasteiger partial charge in [0.25, 0.3) is 17.5 Å². The second-order valence-corrected chi connectivity index (χ2v) is 5.08. The second kappa shape index (κ2) is 7.93. The van der Waals surface area contributed by atoms with Crippen molar-refractivity contribution in [3.8, 4) is 0 Å². The third-order valence-corrected chi connectivity index (χ3v) is 3.17. The standard InChI is InChI=1S/C15H11FN4O4S/c16-11-5-1-9(2-6-11)13(21)17-15(25)19-18-14(22)10-3-7-12(8-4-10)20(23)24/h1-8H,(H,18,22)(H2,17,19,21,25). The van der Waals surface area contributed by atoms with Gasteiger partial charge in [-0.3, -0.25) is 35.9 Å². The molecule has 0 aliphatic heterocycles. The van der Waals surface area contributed by atoms with E-state index in [-0.39, 0.29) is 21.9 Å². The number of halogens is 1. The van der Waals surface area contributed by atoms with E-state index < -0.39 is 22.6 Å². The molecule has 0 heterocycles. The summed E-state index contributed by atoms with van der Waals surface area (Å²) in [7, 11) is 0. The topological polar surface area (TPSA) is 113 Å². The first kappa shape index (κ1) is 17.9. The van der Waals surface area contributed by atoms with Gasteiger partial charge in [-0.05, 0) is 48.6 Å². The molecular weight excluding hydrogens is 351 g/mol. The van der Waals surface area contributed by atoms with Crippen LogP contribution in [-0.4, -0.2) is 21.9 Å². The van der Waals surface area contributed by atoms with Gasteiger partial charge in [0.1, 0.15) is 5.82 Å². The first-order valence-corrected chi connectivity index (χ1v) is 7.19. The van der Waals surface area contributed by atoms with Gasteiger partial charge in [0.15, 0.2) is 5.11 Å². The zero-order valence-corrected chi connectivity index (χ0v) is 13.3. The monoisotopic (exact) mass is 362 g/mol. The zero-order chi connectivity index (χ0) is 18.4. The Hall–Kier alpha value is -3.40. The number of nitro benzene ring substituents is 1. The van der Waals surface area contributed by atoms with Crippen molar-refractivity contribution in [3.05, 3.63) is 75.6 Å². The van der Waals surface area contributed by atoms with Crippen molar-refractivity contribution in [1.82, 2.24) is 16.2 Å². The lowest BCUT2D eigenvalue weighted by Crippen LogP contribution is -2.48. The Morgan fingerprint density at radius 1 is 0.920 bits per heavy atom. The highest BCUT2D eigenvalue weighted by Gasteiger charge is 2.11. The van der Waals surface area contributed by atoms with Crippen LogP contribution < -0.4 is 16.2 Å². The number of nitrogens with zero attached hydrogens (tertiary/aromatic N) is 1. The molecule has 10 heteroatoms. The molecule has 0 saturated heterocycles. The summed E-state index contributed by atoms with van der Waals surface area (Å²) in [4.78, 5) is 33.7. The van der Waals surface area contributed by atoms with Crippen LogP contribution in [0.4, 0.5) is 10.1 Å². The summed E-state index contributed by atoms with van der Waals surface area (Å²) in [6.45, 7) is 0. The quantitative estimate of drug-likeness (QED) is 0.435. The van der Waals surface area contributed by atoms with Crippen molar-refractivity contribution < 1.29 is 18.9 Å². The number of non-ortho nitro benzene ring substituents is 1. The summed E-state index contributed by atoms with van der Waals surface area (Å²) in [5, 5.41) is 12.7. The van der Waals surface area contributed by atoms with Crippen LogP contribution in [0.25, 0.3) is 0 Å². The largest absolute Gasteiger partial charge is 0.298 e. The highest BCUT2D eigenvalue weighted by Crippen LogP contribution is 2.11. The van der Waals surface area contributed by atoms with Crippen molar-refractivity contribution >= 4 is 34.8 Å². The van der Waals surface area contributed by atoms with E-state index in [1.807, 2.05) is 0 Å². The summed E-state index contributed by atoms with van der Waals surface area (Å²) in [6, 6.07) is 9.73. The van der Waals surface area contributed by atoms with Gasteiger partial charge in [-0.2, -0.15) is 0 Å². The van der Waals surface area contributed by atoms with Gasteiger partial charge >= 0.3 is 0 Å². The maximum absolute atomic E-state index is 12.8. The number of hydrazine groups is 1. The molecule has 0 spiro atoms. The van der Waals surface area contributed by atoms with Crippen molar-refractivity contribution in [2.45, 2.75) is 0 Å². The summed E-state index contributed by atoms with van der Waals surface area (Å²) < 4.78 is 12.8. The smallest absolute Gasteiger partial charge is 0.269 e. The lowest BCUT2D eigenvalue weighted by atomic mass is 10.2. The number of rotatable bonds is 3. The van der Waals surface area contributed by atoms with Crippen LogP contribution in [-0.2, 0) is 0 Å². The van der Waals surface area contributed by atoms with E-state index in [9.17, 15) is 24.1 Å². The maximum atomic E-state index is 12.8. The van der Waals surface area contributed by atoms with Gasteiger partial charge in [-0.15, -0.1) is 0 Å². The van der Waals surface area contributed by atoms with E-state index in [1.165, 1.54) is 36.4 Å². The van der Waals surface area contributed by atoms with Crippen LogP contribution in [0.5, 0.6) is 0 Å². The molecule has 0 aliphatic carbocycles. The third-order valence-electron chi connectivity index (χ3n) is 2.96. The summed E-state index contributed by atoms with van der Waals surface area (Å²) in [6.07, 6.45) is 0. The molecular formula is C15H11FN4O4S. The number of nitrogens with one attached hydrogen (secondary N) is 3. The molecule has 0 aromatic heterocycles. The number of hydrogen-bond acceptors (Lipinski definition) is 5. The molecule has 0 radical (unpaired) electrons. The minimum absolute atomic E-state index is 0.147. The van der Waals surface area contributed by atoms with Gasteiger partial charge in [0.2, 0.25) is 0 Å².